The maximum atomic E-state index is 10.7. The lowest BCUT2D eigenvalue weighted by atomic mass is 10.2. The number of hydrogen-bond acceptors (Lipinski definition) is 2. The monoisotopic (exact) mass is 239 g/mol. The Hall–Kier alpha value is -0.160. The van der Waals surface area contributed by atoms with Gasteiger partial charge in [0.1, 0.15) is 0 Å². The van der Waals surface area contributed by atoms with Crippen molar-refractivity contribution in [1.82, 2.24) is 5.32 Å². The van der Waals surface area contributed by atoms with Crippen molar-refractivity contribution in [3.05, 3.63) is 0 Å². The molecule has 0 aliphatic carbocycles. The smallest absolute Gasteiger partial charge is 0.230 e. The standard InChI is InChI=1S/C6H10BrNO2S/c1-4(2-6(10)11)8-5(9)3-7/h4H,2-3H2,1H3,(H,8,9)(H,10,11). The third-order valence-corrected chi connectivity index (χ3v) is 1.69. The zero-order valence-electron chi connectivity index (χ0n) is 6.13. The largest absolute Gasteiger partial charge is 0.502 e. The SMILES string of the molecule is CC(CC(O)=S)NC(=O)CBr. The molecule has 0 rings (SSSR count). The van der Waals surface area contributed by atoms with Crippen molar-refractivity contribution in [2.45, 2.75) is 19.4 Å². The van der Waals surface area contributed by atoms with Gasteiger partial charge < -0.3 is 10.4 Å². The van der Waals surface area contributed by atoms with Crippen molar-refractivity contribution in [3.8, 4) is 0 Å². The average molecular weight is 240 g/mol. The Morgan fingerprint density at radius 1 is 1.82 bits per heavy atom. The summed E-state index contributed by atoms with van der Waals surface area (Å²) in [5.74, 6) is -0.103. The predicted octanol–water partition coefficient (Wildman–Crippen LogP) is 1.16. The fourth-order valence-electron chi connectivity index (χ4n) is 0.626. The van der Waals surface area contributed by atoms with Crippen LogP contribution in [-0.2, 0) is 4.79 Å². The van der Waals surface area contributed by atoms with Gasteiger partial charge in [-0.25, -0.2) is 0 Å². The van der Waals surface area contributed by atoms with E-state index in [0.717, 1.165) is 0 Å². The molecule has 0 spiro atoms. The summed E-state index contributed by atoms with van der Waals surface area (Å²) in [6.07, 6.45) is 0.327. The summed E-state index contributed by atoms with van der Waals surface area (Å²) in [5.41, 5.74) is 0. The van der Waals surface area contributed by atoms with Crippen LogP contribution in [0.3, 0.4) is 0 Å². The number of aliphatic hydroxyl groups is 1. The number of carbonyl (C=O) groups is 1. The maximum Gasteiger partial charge on any atom is 0.230 e. The molecule has 3 nitrogen and oxygen atoms in total. The van der Waals surface area contributed by atoms with Crippen LogP contribution in [0.2, 0.25) is 0 Å². The number of hydrogen-bond donors (Lipinski definition) is 2. The molecule has 1 unspecified atom stereocenters. The van der Waals surface area contributed by atoms with Gasteiger partial charge in [-0.1, -0.05) is 15.9 Å². The molecular formula is C6H10BrNO2S. The predicted molar refractivity (Wildman–Crippen MR) is 51.2 cm³/mol. The highest BCUT2D eigenvalue weighted by Crippen LogP contribution is 1.92. The molecule has 0 saturated carbocycles. The molecule has 64 valence electrons. The molecule has 0 radical (unpaired) electrons. The molecule has 5 heteroatoms. The van der Waals surface area contributed by atoms with Gasteiger partial charge in [0.15, 0.2) is 5.05 Å². The maximum absolute atomic E-state index is 10.7. The summed E-state index contributed by atoms with van der Waals surface area (Å²) in [6, 6.07) is -0.0995. The lowest BCUT2D eigenvalue weighted by molar-refractivity contribution is -0.119. The molecule has 1 atom stereocenters. The second-order valence-electron chi connectivity index (χ2n) is 2.20. The first kappa shape index (κ1) is 10.8. The van der Waals surface area contributed by atoms with E-state index in [2.05, 4.69) is 33.5 Å². The minimum Gasteiger partial charge on any atom is -0.502 e. The molecule has 2 N–H and O–H groups in total. The van der Waals surface area contributed by atoms with Crippen LogP contribution in [0, 0.1) is 0 Å². The van der Waals surface area contributed by atoms with Gasteiger partial charge in [0.05, 0.1) is 5.33 Å². The van der Waals surface area contributed by atoms with Crippen molar-refractivity contribution in [1.29, 1.82) is 0 Å². The Kier molecular flexibility index (Phi) is 5.41. The Bertz CT molecular complexity index is 163. The van der Waals surface area contributed by atoms with E-state index < -0.39 is 0 Å². The van der Waals surface area contributed by atoms with Crippen LogP contribution in [0.25, 0.3) is 0 Å². The van der Waals surface area contributed by atoms with Crippen LogP contribution in [0.4, 0.5) is 0 Å². The van der Waals surface area contributed by atoms with Gasteiger partial charge in [-0.2, -0.15) is 0 Å². The highest BCUT2D eigenvalue weighted by atomic mass is 79.9. The second-order valence-corrected chi connectivity index (χ2v) is 3.23. The first-order valence-corrected chi connectivity index (χ1v) is 4.66. The summed E-state index contributed by atoms with van der Waals surface area (Å²) in [4.78, 5) is 10.7. The average Bonchev–Trinajstić information content (AvgIpc) is 1.85. The third kappa shape index (κ3) is 6.25. The molecule has 11 heavy (non-hydrogen) atoms. The van der Waals surface area contributed by atoms with Crippen molar-refractivity contribution < 1.29 is 9.90 Å². The van der Waals surface area contributed by atoms with Gasteiger partial charge in [-0.15, -0.1) is 0 Å². The molecule has 0 aromatic carbocycles. The molecular weight excluding hydrogens is 230 g/mol. The Morgan fingerprint density at radius 3 is 2.73 bits per heavy atom. The Balaban J connectivity index is 3.60. The Morgan fingerprint density at radius 2 is 2.36 bits per heavy atom. The number of carbonyl (C=O) groups excluding carboxylic acids is 1. The van der Waals surface area contributed by atoms with E-state index in [4.69, 9.17) is 5.11 Å². The van der Waals surface area contributed by atoms with Gasteiger partial charge in [0, 0.05) is 12.5 Å². The molecule has 0 heterocycles. The van der Waals surface area contributed by atoms with E-state index >= 15 is 0 Å². The summed E-state index contributed by atoms with van der Waals surface area (Å²) in [7, 11) is 0. The third-order valence-electron chi connectivity index (χ3n) is 1.01. The summed E-state index contributed by atoms with van der Waals surface area (Å²) < 4.78 is 0. The van der Waals surface area contributed by atoms with Crippen molar-refractivity contribution >= 4 is 39.1 Å². The first-order valence-electron chi connectivity index (χ1n) is 3.13. The van der Waals surface area contributed by atoms with E-state index in [-0.39, 0.29) is 22.3 Å². The molecule has 0 aliphatic heterocycles. The van der Waals surface area contributed by atoms with Crippen LogP contribution in [0.1, 0.15) is 13.3 Å². The lowest BCUT2D eigenvalue weighted by Gasteiger charge is -2.10. The van der Waals surface area contributed by atoms with Crippen molar-refractivity contribution in [2.24, 2.45) is 0 Å². The van der Waals surface area contributed by atoms with Crippen molar-refractivity contribution in [3.63, 3.8) is 0 Å². The lowest BCUT2D eigenvalue weighted by Crippen LogP contribution is -2.34. The van der Waals surface area contributed by atoms with E-state index in [1.807, 2.05) is 0 Å². The zero-order valence-corrected chi connectivity index (χ0v) is 8.54. The molecule has 0 aromatic rings. The summed E-state index contributed by atoms with van der Waals surface area (Å²) >= 11 is 7.46. The molecule has 0 fully saturated rings. The van der Waals surface area contributed by atoms with Gasteiger partial charge in [-0.3, -0.25) is 4.79 Å². The summed E-state index contributed by atoms with van der Waals surface area (Å²) in [5, 5.41) is 11.5. The topological polar surface area (TPSA) is 49.3 Å². The van der Waals surface area contributed by atoms with Crippen molar-refractivity contribution in [2.75, 3.05) is 5.33 Å². The summed E-state index contributed by atoms with van der Waals surface area (Å²) in [6.45, 7) is 1.78. The zero-order chi connectivity index (χ0) is 8.85. The quantitative estimate of drug-likeness (QED) is 0.572. The fourth-order valence-corrected chi connectivity index (χ4v) is 1.04. The number of nitrogens with one attached hydrogen (secondary N) is 1. The van der Waals surface area contributed by atoms with E-state index in [0.29, 0.717) is 6.42 Å². The highest BCUT2D eigenvalue weighted by molar-refractivity contribution is 9.09. The van der Waals surface area contributed by atoms with Crippen LogP contribution < -0.4 is 5.32 Å². The first-order chi connectivity index (χ1) is 5.06. The number of thiocarbonyl (C=S) groups is 1. The van der Waals surface area contributed by atoms with Crippen LogP contribution in [0.15, 0.2) is 0 Å². The number of alkyl halides is 1. The minimum absolute atomic E-state index is 0.0765. The molecule has 0 aliphatic rings. The van der Waals surface area contributed by atoms with E-state index in [1.54, 1.807) is 6.92 Å². The van der Waals surface area contributed by atoms with E-state index in [1.165, 1.54) is 0 Å². The normalized spacial score (nSPS) is 12.2. The van der Waals surface area contributed by atoms with Gasteiger partial charge in [0.25, 0.3) is 0 Å². The second kappa shape index (κ2) is 5.49. The highest BCUT2D eigenvalue weighted by Gasteiger charge is 2.06. The van der Waals surface area contributed by atoms with Gasteiger partial charge in [0.2, 0.25) is 5.91 Å². The van der Waals surface area contributed by atoms with Gasteiger partial charge >= 0.3 is 0 Å². The molecule has 0 saturated heterocycles. The molecule has 1 amide bonds. The van der Waals surface area contributed by atoms with Crippen LogP contribution in [0.5, 0.6) is 0 Å². The van der Waals surface area contributed by atoms with Gasteiger partial charge in [-0.05, 0) is 19.1 Å². The Labute approximate surface area is 79.3 Å². The van der Waals surface area contributed by atoms with Crippen LogP contribution >= 0.6 is 28.1 Å². The number of halogens is 1. The molecule has 0 bridgehead atoms. The van der Waals surface area contributed by atoms with E-state index in [9.17, 15) is 4.79 Å². The molecule has 0 aromatic heterocycles. The number of amides is 1. The number of aliphatic hydroxyl groups excluding tert-OH is 1. The fraction of sp³-hybridized carbons (Fsp3) is 0.667. The van der Waals surface area contributed by atoms with Crippen LogP contribution in [-0.4, -0.2) is 27.4 Å². The minimum atomic E-state index is -0.103. The number of rotatable bonds is 4.